The third-order valence-electron chi connectivity index (χ3n) is 4.43. The monoisotopic (exact) mass is 521 g/mol. The zero-order valence-corrected chi connectivity index (χ0v) is 23.3. The zero-order valence-electron chi connectivity index (χ0n) is 19.4. The predicted molar refractivity (Wildman–Crippen MR) is 126 cm³/mol. The number of aryl methyl sites for hydroxylation is 1. The molecule has 0 saturated heterocycles. The van der Waals surface area contributed by atoms with E-state index in [1.807, 2.05) is 0 Å². The van der Waals surface area contributed by atoms with Crippen molar-refractivity contribution in [2.24, 2.45) is 0 Å². The standard InChI is InChI=1S/C23H22FN5O4S.K/c1-4-12-33-18-10-8-16(9-11-18)26-22-19(24)14-25-23(28-22)27-17-7-6-15(3)20(13-17)34(31,32)29-21(30)5-2;/h1,6-11,13-14H,5,12H2,2-3H3,(H3,25,26,27,28,29,30);/q;+1/p-1. The number of halogens is 1. The summed E-state index contributed by atoms with van der Waals surface area (Å²) in [7, 11) is -4.18. The van der Waals surface area contributed by atoms with E-state index in [4.69, 9.17) is 11.2 Å². The third-order valence-corrected chi connectivity index (χ3v) is 5.87. The Hall–Kier alpha value is -2.53. The number of nitrogens with one attached hydrogen (secondary N) is 2. The Kier molecular flexibility index (Phi) is 10.6. The Bertz CT molecular complexity index is 1350. The molecule has 1 amide bonds. The van der Waals surface area contributed by atoms with Crippen molar-refractivity contribution in [3.63, 3.8) is 0 Å². The summed E-state index contributed by atoms with van der Waals surface area (Å²) in [6.07, 6.45) is 6.10. The molecule has 2 N–H and O–H groups in total. The number of nitrogens with zero attached hydrogens (tertiary/aromatic N) is 3. The Morgan fingerprint density at radius 3 is 2.51 bits per heavy atom. The first-order chi connectivity index (χ1) is 16.2. The summed E-state index contributed by atoms with van der Waals surface area (Å²) >= 11 is 0. The molecule has 0 aliphatic heterocycles. The summed E-state index contributed by atoms with van der Waals surface area (Å²) < 4.78 is 47.9. The minimum atomic E-state index is -4.18. The number of benzene rings is 2. The van der Waals surface area contributed by atoms with E-state index in [2.05, 4.69) is 31.2 Å². The normalized spacial score (nSPS) is 10.5. The maximum absolute atomic E-state index is 14.3. The molecular weight excluding hydrogens is 500 g/mol. The van der Waals surface area contributed by atoms with Crippen LogP contribution in [0.15, 0.2) is 53.6 Å². The fourth-order valence-corrected chi connectivity index (χ4v) is 3.99. The molecule has 1 aromatic heterocycles. The molecule has 0 aliphatic rings. The molecule has 9 nitrogen and oxygen atoms in total. The molecule has 2 aromatic carbocycles. The van der Waals surface area contributed by atoms with Gasteiger partial charge in [-0.1, -0.05) is 18.9 Å². The number of sulfonamides is 1. The van der Waals surface area contributed by atoms with Crippen molar-refractivity contribution in [2.75, 3.05) is 17.2 Å². The average Bonchev–Trinajstić information content (AvgIpc) is 2.81. The van der Waals surface area contributed by atoms with E-state index < -0.39 is 21.7 Å². The summed E-state index contributed by atoms with van der Waals surface area (Å²) in [5.41, 5.74) is 1.27. The van der Waals surface area contributed by atoms with Crippen LogP contribution in [0, 0.1) is 25.1 Å². The summed E-state index contributed by atoms with van der Waals surface area (Å²) in [5, 5.41) is 5.68. The smallest absolute Gasteiger partial charge is 0.542 e. The number of anilines is 4. The molecule has 0 aliphatic carbocycles. The van der Waals surface area contributed by atoms with Crippen LogP contribution >= 0.6 is 0 Å². The number of aromatic nitrogens is 2. The summed E-state index contributed by atoms with van der Waals surface area (Å²) in [6.45, 7) is 3.24. The van der Waals surface area contributed by atoms with Crippen LogP contribution in [0.4, 0.5) is 27.5 Å². The molecule has 176 valence electrons. The SMILES string of the molecule is C#CCOc1ccc(Nc2nc(Nc3ccc(C)c(S(=O)(=O)[N-]C(=O)CC)c3)ncc2F)cc1.[K+]. The fraction of sp³-hybridized carbons (Fsp3) is 0.174. The van der Waals surface area contributed by atoms with E-state index >= 15 is 0 Å². The van der Waals surface area contributed by atoms with Crippen molar-refractivity contribution in [1.29, 1.82) is 0 Å². The van der Waals surface area contributed by atoms with Gasteiger partial charge in [-0.3, -0.25) is 0 Å². The minimum absolute atomic E-state index is 0. The molecule has 3 rings (SSSR count). The third kappa shape index (κ3) is 7.99. The number of rotatable bonds is 9. The van der Waals surface area contributed by atoms with Crippen molar-refractivity contribution in [1.82, 2.24) is 9.97 Å². The molecule has 0 saturated carbocycles. The molecule has 1 heterocycles. The van der Waals surface area contributed by atoms with Crippen LogP contribution in [-0.2, 0) is 14.8 Å². The van der Waals surface area contributed by atoms with Gasteiger partial charge in [0.1, 0.15) is 22.4 Å². The van der Waals surface area contributed by atoms with Crippen LogP contribution in [0.25, 0.3) is 4.72 Å². The number of ether oxygens (including phenoxy) is 1. The van der Waals surface area contributed by atoms with Crippen molar-refractivity contribution in [2.45, 2.75) is 25.2 Å². The van der Waals surface area contributed by atoms with Crippen LogP contribution in [-0.4, -0.2) is 30.9 Å². The minimum Gasteiger partial charge on any atom is -0.542 e. The van der Waals surface area contributed by atoms with Crippen LogP contribution in [0.5, 0.6) is 5.75 Å². The first-order valence-corrected chi connectivity index (χ1v) is 11.5. The van der Waals surface area contributed by atoms with Gasteiger partial charge in [-0.2, -0.15) is 4.98 Å². The average molecular weight is 522 g/mol. The van der Waals surface area contributed by atoms with E-state index in [0.717, 1.165) is 6.20 Å². The van der Waals surface area contributed by atoms with Gasteiger partial charge in [0.15, 0.2) is 11.6 Å². The second-order valence-electron chi connectivity index (χ2n) is 6.95. The van der Waals surface area contributed by atoms with Gasteiger partial charge in [-0.05, 0) is 55.3 Å². The van der Waals surface area contributed by atoms with Gasteiger partial charge in [0.25, 0.3) is 0 Å². The number of carbonyl (C=O) groups is 1. The van der Waals surface area contributed by atoms with Gasteiger partial charge in [-0.15, -0.1) is 6.42 Å². The first-order valence-electron chi connectivity index (χ1n) is 10.1. The second-order valence-corrected chi connectivity index (χ2v) is 8.52. The van der Waals surface area contributed by atoms with Crippen molar-refractivity contribution < 1.29 is 73.7 Å². The number of hydrogen-bond donors (Lipinski definition) is 2. The van der Waals surface area contributed by atoms with E-state index in [0.29, 0.717) is 22.7 Å². The van der Waals surface area contributed by atoms with E-state index in [1.165, 1.54) is 13.0 Å². The molecule has 35 heavy (non-hydrogen) atoms. The van der Waals surface area contributed by atoms with Gasteiger partial charge < -0.3 is 24.9 Å². The molecule has 0 radical (unpaired) electrons. The maximum Gasteiger partial charge on any atom is 1.00 e. The topological polar surface area (TPSA) is 124 Å². The number of carbonyl (C=O) groups excluding carboxylic acids is 1. The Morgan fingerprint density at radius 2 is 1.86 bits per heavy atom. The Labute approximate surface area is 245 Å². The van der Waals surface area contributed by atoms with Gasteiger partial charge in [0.2, 0.25) is 5.95 Å². The zero-order chi connectivity index (χ0) is 24.7. The van der Waals surface area contributed by atoms with Crippen molar-refractivity contribution >= 4 is 39.1 Å². The van der Waals surface area contributed by atoms with Gasteiger partial charge in [-0.25, -0.2) is 17.8 Å². The molecular formula is C23H21FKN5O4S. The summed E-state index contributed by atoms with van der Waals surface area (Å²) in [5.74, 6) is 1.41. The number of terminal acetylenes is 1. The summed E-state index contributed by atoms with van der Waals surface area (Å²) in [6, 6.07) is 11.1. The first kappa shape index (κ1) is 28.7. The van der Waals surface area contributed by atoms with E-state index in [1.54, 1.807) is 43.3 Å². The number of amides is 1. The molecule has 3 aromatic rings. The Balaban J connectivity index is 0.00000432. The maximum atomic E-state index is 14.3. The predicted octanol–water partition coefficient (Wildman–Crippen LogP) is 1.43. The molecule has 0 bridgehead atoms. The van der Waals surface area contributed by atoms with Crippen LogP contribution in [0.3, 0.4) is 0 Å². The van der Waals surface area contributed by atoms with Crippen LogP contribution in [0.2, 0.25) is 0 Å². The quantitative estimate of drug-likeness (QED) is 0.320. The van der Waals surface area contributed by atoms with E-state index in [-0.39, 0.29) is 81.1 Å². The summed E-state index contributed by atoms with van der Waals surface area (Å²) in [4.78, 5) is 19.4. The van der Waals surface area contributed by atoms with Gasteiger partial charge in [0.05, 0.1) is 17.0 Å². The van der Waals surface area contributed by atoms with Crippen molar-refractivity contribution in [3.05, 3.63) is 64.8 Å². The van der Waals surface area contributed by atoms with Crippen LogP contribution < -0.4 is 66.8 Å². The molecule has 0 atom stereocenters. The van der Waals surface area contributed by atoms with Gasteiger partial charge in [0, 0.05) is 11.4 Å². The molecule has 0 fully saturated rings. The van der Waals surface area contributed by atoms with Crippen molar-refractivity contribution in [3.8, 4) is 18.1 Å². The molecule has 0 unspecified atom stereocenters. The largest absolute Gasteiger partial charge is 1.00 e. The van der Waals surface area contributed by atoms with Gasteiger partial charge >= 0.3 is 51.4 Å². The van der Waals surface area contributed by atoms with E-state index in [9.17, 15) is 17.6 Å². The van der Waals surface area contributed by atoms with Crippen LogP contribution in [0.1, 0.15) is 18.9 Å². The molecule has 0 spiro atoms. The fourth-order valence-electron chi connectivity index (χ4n) is 2.74. The molecule has 12 heteroatoms. The Morgan fingerprint density at radius 1 is 1.17 bits per heavy atom. The second kappa shape index (κ2) is 13.0. The number of hydrogen-bond acceptors (Lipinski definition) is 8.